The lowest BCUT2D eigenvalue weighted by Gasteiger charge is -2.09. The number of alkyl halides is 13. The van der Waals surface area contributed by atoms with Gasteiger partial charge in [0.2, 0.25) is 7.59 Å². The Morgan fingerprint density at radius 3 is 0.789 bits per heavy atom. The molecule has 120 valence electrons. The fourth-order valence-electron chi connectivity index (χ4n) is 0. The van der Waals surface area contributed by atoms with Gasteiger partial charge in [0.05, 0.1) is 5.88 Å². The minimum absolute atomic E-state index is 0.0394. The Morgan fingerprint density at radius 1 is 0.632 bits per heavy atom. The summed E-state index contributed by atoms with van der Waals surface area (Å²) in [5, 5.41) is 0. The van der Waals surface area contributed by atoms with E-state index in [0.717, 1.165) is 0 Å². The molecule has 0 saturated heterocycles. The van der Waals surface area contributed by atoms with Gasteiger partial charge in [-0.3, -0.25) is 0 Å². The summed E-state index contributed by atoms with van der Waals surface area (Å²) in [7, 11) is 0. The van der Waals surface area contributed by atoms with Crippen LogP contribution in [0.5, 0.6) is 0 Å². The van der Waals surface area contributed by atoms with Crippen molar-refractivity contribution in [3.05, 3.63) is 0 Å². The SMILES string of the molecule is ClC(Cl)C(Cl)(Cl)Cl.ClC(Cl)C(Cl)Cl.ClCC(Cl)(Cl)Cl. The van der Waals surface area contributed by atoms with Gasteiger partial charge in [0.15, 0.2) is 4.84 Å². The molecule has 0 nitrogen and oxygen atoms in total. The van der Waals surface area contributed by atoms with Crippen molar-refractivity contribution in [3.8, 4) is 0 Å². The van der Waals surface area contributed by atoms with E-state index < -0.39 is 22.1 Å². The highest BCUT2D eigenvalue weighted by molar-refractivity contribution is 6.74. The van der Waals surface area contributed by atoms with Gasteiger partial charge in [-0.1, -0.05) is 69.6 Å². The predicted molar refractivity (Wildman–Crippen MR) is 97.8 cm³/mol. The average molecular weight is 538 g/mol. The monoisotopic (exact) mass is 532 g/mol. The van der Waals surface area contributed by atoms with Crippen LogP contribution in [0.1, 0.15) is 0 Å². The molecule has 0 radical (unpaired) electrons. The van der Waals surface area contributed by atoms with Crippen LogP contribution >= 0.6 is 151 Å². The summed E-state index contributed by atoms with van der Waals surface area (Å²) in [6, 6.07) is 0. The first-order valence-electron chi connectivity index (χ1n) is 3.69. The largest absolute Gasteiger partial charge is 0.220 e. The van der Waals surface area contributed by atoms with Crippen LogP contribution in [-0.4, -0.2) is 28.0 Å². The molecule has 0 N–H and O–H groups in total. The molecule has 0 aromatic rings. The molecular weight excluding hydrogens is 533 g/mol. The Kier molecular flexibility index (Phi) is 20.6. The standard InChI is InChI=1S/C2HCl5.2C2H2Cl4/c3-1(4)2(5,6)7;3-1-2(4,5)6;3-1(4)2(5)6/h1H;1H2;1-2H. The minimum Gasteiger partial charge on any atom is -0.122 e. The highest BCUT2D eigenvalue weighted by Crippen LogP contribution is 2.35. The van der Waals surface area contributed by atoms with Crippen LogP contribution in [0.3, 0.4) is 0 Å². The summed E-state index contributed by atoms with van der Waals surface area (Å²) in [6.07, 6.45) is 0. The predicted octanol–water partition coefficient (Wildman–Crippen LogP) is 8.35. The number of hydrogen-bond acceptors (Lipinski definition) is 0. The lowest BCUT2D eigenvalue weighted by Crippen LogP contribution is -2.11. The van der Waals surface area contributed by atoms with Crippen molar-refractivity contribution in [2.24, 2.45) is 0 Å². The molecule has 0 atom stereocenters. The first-order valence-corrected chi connectivity index (χ1v) is 9.11. The molecule has 0 aromatic carbocycles. The van der Waals surface area contributed by atoms with E-state index in [1.807, 2.05) is 0 Å². The van der Waals surface area contributed by atoms with E-state index in [4.69, 9.17) is 151 Å². The molecule has 0 fully saturated rings. The number of hydrogen-bond donors (Lipinski definition) is 0. The molecule has 19 heavy (non-hydrogen) atoms. The molecule has 0 rings (SSSR count). The van der Waals surface area contributed by atoms with Gasteiger partial charge in [0, 0.05) is 0 Å². The quantitative estimate of drug-likeness (QED) is 0.295. The summed E-state index contributed by atoms with van der Waals surface area (Å²) in [6.45, 7) is 0. The molecule has 0 aliphatic rings. The van der Waals surface area contributed by atoms with E-state index in [-0.39, 0.29) is 5.88 Å². The van der Waals surface area contributed by atoms with Crippen molar-refractivity contribution in [2.75, 3.05) is 5.88 Å². The van der Waals surface area contributed by atoms with Crippen LogP contribution in [0.15, 0.2) is 0 Å². The molecule has 0 heterocycles. The molecule has 0 aromatic heterocycles. The van der Waals surface area contributed by atoms with Crippen LogP contribution < -0.4 is 0 Å². The van der Waals surface area contributed by atoms with Crippen LogP contribution in [0.2, 0.25) is 0 Å². The molecular formula is C6H5Cl13. The third kappa shape index (κ3) is 30.3. The highest BCUT2D eigenvalue weighted by Gasteiger charge is 2.28. The van der Waals surface area contributed by atoms with E-state index in [1.54, 1.807) is 0 Å². The van der Waals surface area contributed by atoms with Gasteiger partial charge in [0.25, 0.3) is 0 Å². The average Bonchev–Trinajstić information content (AvgIpc) is 2.16. The molecule has 0 bridgehead atoms. The second kappa shape index (κ2) is 14.1. The zero-order valence-corrected chi connectivity index (χ0v) is 18.2. The Morgan fingerprint density at radius 2 is 0.789 bits per heavy atom. The van der Waals surface area contributed by atoms with E-state index in [2.05, 4.69) is 0 Å². The van der Waals surface area contributed by atoms with Crippen LogP contribution in [0.4, 0.5) is 0 Å². The second-order valence-electron chi connectivity index (χ2n) is 2.26. The fourth-order valence-corrected chi connectivity index (χ4v) is 0. The highest BCUT2D eigenvalue weighted by atomic mass is 35.6. The molecule has 0 spiro atoms. The van der Waals surface area contributed by atoms with Gasteiger partial charge in [0.1, 0.15) is 9.67 Å². The fraction of sp³-hybridized carbons (Fsp3) is 1.00. The van der Waals surface area contributed by atoms with E-state index >= 15 is 0 Å². The Balaban J connectivity index is -0.000000203. The second-order valence-corrected chi connectivity index (χ2v) is 10.8. The van der Waals surface area contributed by atoms with Gasteiger partial charge in [-0.25, -0.2) is 0 Å². The normalized spacial score (nSPS) is 12.0. The summed E-state index contributed by atoms with van der Waals surface area (Å²) < 4.78 is -2.83. The van der Waals surface area contributed by atoms with Gasteiger partial charge < -0.3 is 0 Å². The third-order valence-corrected chi connectivity index (χ3v) is 5.30. The van der Waals surface area contributed by atoms with Gasteiger partial charge in [-0.2, -0.15) is 0 Å². The molecule has 0 aliphatic carbocycles. The first-order chi connectivity index (χ1) is 8.15. The smallest absolute Gasteiger partial charge is 0.122 e. The maximum atomic E-state index is 5.14. The molecule has 13 heteroatoms. The molecule has 0 unspecified atom stereocenters. The van der Waals surface area contributed by atoms with E-state index in [0.29, 0.717) is 0 Å². The maximum Gasteiger partial charge on any atom is 0.220 e. The van der Waals surface area contributed by atoms with Gasteiger partial charge >= 0.3 is 0 Å². The zero-order valence-electron chi connectivity index (χ0n) is 8.35. The lowest BCUT2D eigenvalue weighted by atomic mass is 10.9. The molecule has 0 aliphatic heterocycles. The van der Waals surface area contributed by atoms with E-state index in [1.165, 1.54) is 0 Å². The summed E-state index contributed by atoms with van der Waals surface area (Å²) >= 11 is 66.5. The third-order valence-electron chi connectivity index (χ3n) is 0.589. The first kappa shape index (κ1) is 27.6. The molecule has 0 saturated carbocycles. The van der Waals surface area contributed by atoms with Crippen molar-refractivity contribution in [1.29, 1.82) is 0 Å². The topological polar surface area (TPSA) is 0 Å². The summed E-state index contributed by atoms with van der Waals surface area (Å²) in [4.78, 5) is -2.31. The van der Waals surface area contributed by atoms with Crippen LogP contribution in [0.25, 0.3) is 0 Å². The summed E-state index contributed by atoms with van der Waals surface area (Å²) in [5.74, 6) is 0.0394. The molecule has 0 amide bonds. The van der Waals surface area contributed by atoms with Crippen molar-refractivity contribution >= 4 is 151 Å². The number of rotatable bonds is 1. The Bertz CT molecular complexity index is 182. The lowest BCUT2D eigenvalue weighted by molar-refractivity contribution is 1.19. The van der Waals surface area contributed by atoms with Gasteiger partial charge in [-0.15, -0.1) is 81.2 Å². The van der Waals surface area contributed by atoms with Crippen molar-refractivity contribution in [3.63, 3.8) is 0 Å². The summed E-state index contributed by atoms with van der Waals surface area (Å²) in [5.41, 5.74) is 0. The zero-order chi connectivity index (χ0) is 16.4. The van der Waals surface area contributed by atoms with Crippen molar-refractivity contribution in [1.82, 2.24) is 0 Å². The minimum atomic E-state index is -1.55. The Hall–Kier alpha value is 3.77. The van der Waals surface area contributed by atoms with E-state index in [9.17, 15) is 0 Å². The van der Waals surface area contributed by atoms with Crippen molar-refractivity contribution in [2.45, 2.75) is 22.1 Å². The van der Waals surface area contributed by atoms with Gasteiger partial charge in [-0.05, 0) is 0 Å². The van der Waals surface area contributed by atoms with Crippen LogP contribution in [-0.2, 0) is 0 Å². The van der Waals surface area contributed by atoms with Crippen molar-refractivity contribution < 1.29 is 0 Å². The maximum absolute atomic E-state index is 5.14. The van der Waals surface area contributed by atoms with Crippen LogP contribution in [0, 0.1) is 0 Å². The number of halogens is 13. The Labute approximate surface area is 177 Å².